The predicted octanol–water partition coefficient (Wildman–Crippen LogP) is 2.47. The van der Waals surface area contributed by atoms with Gasteiger partial charge in [0, 0.05) is 38.8 Å². The SMILES string of the molecule is CN(C)S(=O)(=O)c1ccc2c(c1)CCN2C(=O)/C=C/c1ccc2c(c1)CCO2. The molecule has 0 spiro atoms. The zero-order valence-electron chi connectivity index (χ0n) is 15.9. The van der Waals surface area contributed by atoms with Crippen LogP contribution in [0.1, 0.15) is 16.7 Å². The number of hydrogen-bond donors (Lipinski definition) is 0. The molecule has 0 N–H and O–H groups in total. The fraction of sp³-hybridized carbons (Fsp3) is 0.286. The first-order chi connectivity index (χ1) is 13.4. The van der Waals surface area contributed by atoms with E-state index in [1.807, 2.05) is 24.3 Å². The van der Waals surface area contributed by atoms with Gasteiger partial charge in [-0.25, -0.2) is 12.7 Å². The maximum Gasteiger partial charge on any atom is 0.251 e. The highest BCUT2D eigenvalue weighted by molar-refractivity contribution is 7.89. The van der Waals surface area contributed by atoms with E-state index in [1.165, 1.54) is 18.4 Å². The van der Waals surface area contributed by atoms with Crippen LogP contribution in [-0.2, 0) is 27.7 Å². The van der Waals surface area contributed by atoms with Crippen molar-refractivity contribution in [1.29, 1.82) is 0 Å². The van der Waals surface area contributed by atoms with Crippen molar-refractivity contribution in [2.24, 2.45) is 0 Å². The first-order valence-corrected chi connectivity index (χ1v) is 10.6. The summed E-state index contributed by atoms with van der Waals surface area (Å²) in [6.07, 6.45) is 4.91. The molecule has 1 amide bonds. The van der Waals surface area contributed by atoms with Crippen molar-refractivity contribution < 1.29 is 17.9 Å². The molecule has 0 aliphatic carbocycles. The number of hydrogen-bond acceptors (Lipinski definition) is 4. The van der Waals surface area contributed by atoms with E-state index >= 15 is 0 Å². The quantitative estimate of drug-likeness (QED) is 0.742. The Morgan fingerprint density at radius 2 is 1.93 bits per heavy atom. The van der Waals surface area contributed by atoms with Gasteiger partial charge in [-0.05, 0) is 59.5 Å². The van der Waals surface area contributed by atoms with Gasteiger partial charge in [0.25, 0.3) is 5.91 Å². The van der Waals surface area contributed by atoms with Gasteiger partial charge >= 0.3 is 0 Å². The molecule has 0 unspecified atom stereocenters. The summed E-state index contributed by atoms with van der Waals surface area (Å²) >= 11 is 0. The molecule has 0 saturated carbocycles. The Morgan fingerprint density at radius 3 is 2.71 bits per heavy atom. The zero-order valence-corrected chi connectivity index (χ0v) is 16.7. The second-order valence-electron chi connectivity index (χ2n) is 7.12. The number of anilines is 1. The lowest BCUT2D eigenvalue weighted by Gasteiger charge is -2.16. The van der Waals surface area contributed by atoms with Gasteiger partial charge in [-0.1, -0.05) is 6.07 Å². The number of rotatable bonds is 4. The highest BCUT2D eigenvalue weighted by atomic mass is 32.2. The molecule has 0 fully saturated rings. The fourth-order valence-corrected chi connectivity index (χ4v) is 4.50. The molecule has 6 nitrogen and oxygen atoms in total. The van der Waals surface area contributed by atoms with Crippen molar-refractivity contribution in [1.82, 2.24) is 4.31 Å². The third-order valence-electron chi connectivity index (χ3n) is 5.12. The topological polar surface area (TPSA) is 66.9 Å². The number of fused-ring (bicyclic) bond motifs is 2. The van der Waals surface area contributed by atoms with Crippen molar-refractivity contribution in [3.8, 4) is 5.75 Å². The number of carbonyl (C=O) groups is 1. The average molecular weight is 398 g/mol. The standard InChI is InChI=1S/C21H22N2O4S/c1-22(2)28(25,26)18-5-6-19-16(14-18)9-11-23(19)21(24)8-4-15-3-7-20-17(13-15)10-12-27-20/h3-8,13-14H,9-12H2,1-2H3/b8-4+. The van der Waals surface area contributed by atoms with E-state index in [0.717, 1.165) is 34.5 Å². The maximum atomic E-state index is 12.7. The monoisotopic (exact) mass is 398 g/mol. The van der Waals surface area contributed by atoms with Crippen LogP contribution in [0.2, 0.25) is 0 Å². The van der Waals surface area contributed by atoms with Crippen LogP contribution in [0.3, 0.4) is 0 Å². The van der Waals surface area contributed by atoms with E-state index in [4.69, 9.17) is 4.74 Å². The molecule has 0 bridgehead atoms. The van der Waals surface area contributed by atoms with E-state index in [1.54, 1.807) is 29.2 Å². The largest absolute Gasteiger partial charge is 0.493 e. The van der Waals surface area contributed by atoms with Crippen molar-refractivity contribution in [3.63, 3.8) is 0 Å². The van der Waals surface area contributed by atoms with Crippen molar-refractivity contribution in [3.05, 3.63) is 59.2 Å². The Hall–Kier alpha value is -2.64. The summed E-state index contributed by atoms with van der Waals surface area (Å²) in [5.74, 6) is 0.805. The van der Waals surface area contributed by atoms with Gasteiger partial charge in [0.15, 0.2) is 0 Å². The van der Waals surface area contributed by atoms with Crippen LogP contribution >= 0.6 is 0 Å². The van der Waals surface area contributed by atoms with E-state index < -0.39 is 10.0 Å². The summed E-state index contributed by atoms with van der Waals surface area (Å²) in [6.45, 7) is 1.25. The number of ether oxygens (including phenoxy) is 1. The molecular formula is C21H22N2O4S. The highest BCUT2D eigenvalue weighted by Crippen LogP contribution is 2.31. The van der Waals surface area contributed by atoms with Gasteiger partial charge < -0.3 is 9.64 Å². The summed E-state index contributed by atoms with van der Waals surface area (Å²) in [5.41, 5.74) is 3.77. The van der Waals surface area contributed by atoms with Crippen molar-refractivity contribution >= 4 is 27.7 Å². The van der Waals surface area contributed by atoms with Crippen molar-refractivity contribution in [2.45, 2.75) is 17.7 Å². The lowest BCUT2D eigenvalue weighted by molar-refractivity contribution is -0.114. The number of sulfonamides is 1. The lowest BCUT2D eigenvalue weighted by Crippen LogP contribution is -2.27. The highest BCUT2D eigenvalue weighted by Gasteiger charge is 2.26. The second kappa shape index (κ2) is 7.07. The molecule has 4 rings (SSSR count). The molecule has 7 heteroatoms. The molecule has 146 valence electrons. The van der Waals surface area contributed by atoms with Crippen LogP contribution in [0.4, 0.5) is 5.69 Å². The summed E-state index contributed by atoms with van der Waals surface area (Å²) in [5, 5.41) is 0. The van der Waals surface area contributed by atoms with E-state index in [9.17, 15) is 13.2 Å². The van der Waals surface area contributed by atoms with Crippen LogP contribution in [0.25, 0.3) is 6.08 Å². The van der Waals surface area contributed by atoms with Crippen LogP contribution in [-0.4, -0.2) is 45.9 Å². The Bertz CT molecular complexity index is 1070. The second-order valence-corrected chi connectivity index (χ2v) is 9.27. The summed E-state index contributed by atoms with van der Waals surface area (Å²) in [4.78, 5) is 14.6. The molecule has 2 aromatic rings. The first-order valence-electron chi connectivity index (χ1n) is 9.17. The number of carbonyl (C=O) groups excluding carboxylic acids is 1. The molecule has 2 aliphatic rings. The molecule has 0 aromatic heterocycles. The van der Waals surface area contributed by atoms with Gasteiger partial charge in [-0.2, -0.15) is 0 Å². The average Bonchev–Trinajstić information content (AvgIpc) is 3.31. The van der Waals surface area contributed by atoms with Gasteiger partial charge in [-0.15, -0.1) is 0 Å². The van der Waals surface area contributed by atoms with Crippen LogP contribution < -0.4 is 9.64 Å². The summed E-state index contributed by atoms with van der Waals surface area (Å²) in [6, 6.07) is 10.9. The number of benzene rings is 2. The smallest absolute Gasteiger partial charge is 0.251 e. The molecule has 0 radical (unpaired) electrons. The first kappa shape index (κ1) is 18.7. The zero-order chi connectivity index (χ0) is 19.9. The van der Waals surface area contributed by atoms with Gasteiger partial charge in [-0.3, -0.25) is 4.79 Å². The van der Waals surface area contributed by atoms with E-state index in [0.29, 0.717) is 19.6 Å². The van der Waals surface area contributed by atoms with Crippen LogP contribution in [0.5, 0.6) is 5.75 Å². The Kier molecular flexibility index (Phi) is 4.72. The molecule has 0 atom stereocenters. The molecule has 0 saturated heterocycles. The van der Waals surface area contributed by atoms with Crippen LogP contribution in [0.15, 0.2) is 47.4 Å². The fourth-order valence-electron chi connectivity index (χ4n) is 3.55. The third-order valence-corrected chi connectivity index (χ3v) is 6.93. The molecule has 2 aromatic carbocycles. The number of amides is 1. The molecule has 2 aliphatic heterocycles. The predicted molar refractivity (Wildman–Crippen MR) is 108 cm³/mol. The minimum atomic E-state index is -3.48. The Morgan fingerprint density at radius 1 is 1.11 bits per heavy atom. The minimum Gasteiger partial charge on any atom is -0.493 e. The van der Waals surface area contributed by atoms with Gasteiger partial charge in [0.1, 0.15) is 5.75 Å². The van der Waals surface area contributed by atoms with Crippen LogP contribution in [0, 0.1) is 0 Å². The van der Waals surface area contributed by atoms with Gasteiger partial charge in [0.05, 0.1) is 11.5 Å². The summed E-state index contributed by atoms with van der Waals surface area (Å²) < 4.78 is 31.3. The van der Waals surface area contributed by atoms with E-state index in [-0.39, 0.29) is 10.8 Å². The molecular weight excluding hydrogens is 376 g/mol. The number of nitrogens with zero attached hydrogens (tertiary/aromatic N) is 2. The van der Waals surface area contributed by atoms with Crippen molar-refractivity contribution in [2.75, 3.05) is 32.1 Å². The Labute approximate surface area is 165 Å². The molecule has 28 heavy (non-hydrogen) atoms. The molecule has 2 heterocycles. The Balaban J connectivity index is 1.53. The maximum absolute atomic E-state index is 12.7. The summed E-state index contributed by atoms with van der Waals surface area (Å²) in [7, 11) is -0.465. The van der Waals surface area contributed by atoms with E-state index in [2.05, 4.69) is 0 Å². The third kappa shape index (κ3) is 3.31. The normalized spacial score (nSPS) is 15.8. The lowest BCUT2D eigenvalue weighted by atomic mass is 10.1. The van der Waals surface area contributed by atoms with Gasteiger partial charge in [0.2, 0.25) is 10.0 Å². The minimum absolute atomic E-state index is 0.112.